The first kappa shape index (κ1) is 56.8. The number of piperidine rings is 1. The molecule has 4 rings (SSSR count). The molecule has 0 spiro atoms. The molecular weight excluding hydrogens is 855 g/mol. The van der Waals surface area contributed by atoms with E-state index in [0.29, 0.717) is 56.9 Å². The number of carbonyl (C=O) groups excluding carboxylic acids is 4. The van der Waals surface area contributed by atoms with E-state index >= 15 is 0 Å². The Labute approximate surface area is 402 Å². The van der Waals surface area contributed by atoms with Crippen LogP contribution < -0.4 is 0 Å². The second-order valence-electron chi connectivity index (χ2n) is 20.7. The number of methoxy groups -OCH3 is 3. The van der Waals surface area contributed by atoms with Crippen LogP contribution in [0.3, 0.4) is 0 Å². The lowest BCUT2D eigenvalue weighted by Gasteiger charge is -2.47. The molecular formula is C54H89NO12. The number of hydrogen-bond acceptors (Lipinski definition) is 12. The van der Waals surface area contributed by atoms with E-state index in [4.69, 9.17) is 23.7 Å². The molecule has 3 aliphatic heterocycles. The summed E-state index contributed by atoms with van der Waals surface area (Å²) in [5.41, 5.74) is 1.67. The number of aliphatic hydroxyl groups excluding tert-OH is 2. The Morgan fingerprint density at radius 1 is 0.821 bits per heavy atom. The number of esters is 1. The molecule has 0 aromatic carbocycles. The largest absolute Gasteiger partial charge is 0.456 e. The fraction of sp³-hybridized carbons (Fsp3) is 0.815. The molecule has 13 heteroatoms. The average molecular weight is 944 g/mol. The summed E-state index contributed by atoms with van der Waals surface area (Å²) in [5, 5.41) is 34.7. The van der Waals surface area contributed by atoms with E-state index < -0.39 is 83.9 Å². The summed E-state index contributed by atoms with van der Waals surface area (Å²) < 4.78 is 30.1. The molecule has 13 nitrogen and oxygen atoms in total. The van der Waals surface area contributed by atoms with Gasteiger partial charge in [0.2, 0.25) is 5.79 Å². The molecule has 1 aliphatic carbocycles. The highest BCUT2D eigenvalue weighted by atomic mass is 16.7. The van der Waals surface area contributed by atoms with Crippen LogP contribution in [0.2, 0.25) is 0 Å². The van der Waals surface area contributed by atoms with Gasteiger partial charge < -0.3 is 43.9 Å². The average Bonchev–Trinajstić information content (AvgIpc) is 3.31. The number of ether oxygens (including phenoxy) is 5. The number of aliphatic hydroxyl groups is 3. The Hall–Kier alpha value is -2.78. The molecule has 0 radical (unpaired) electrons. The van der Waals surface area contributed by atoms with Gasteiger partial charge in [-0.15, -0.1) is 0 Å². The first-order valence-corrected chi connectivity index (χ1v) is 25.9. The number of fused-ring (bicyclic) bond motifs is 3. The van der Waals surface area contributed by atoms with E-state index in [0.717, 1.165) is 18.4 Å². The number of cyclic esters (lactones) is 1. The molecule has 67 heavy (non-hydrogen) atoms. The van der Waals surface area contributed by atoms with E-state index in [9.17, 15) is 34.5 Å². The number of rotatable bonds is 16. The van der Waals surface area contributed by atoms with Crippen molar-refractivity contribution in [3.63, 3.8) is 0 Å². The summed E-state index contributed by atoms with van der Waals surface area (Å²) in [6.45, 7) is 11.7. The molecule has 2 bridgehead atoms. The third kappa shape index (κ3) is 16.1. The van der Waals surface area contributed by atoms with Crippen LogP contribution in [0.5, 0.6) is 0 Å². The number of nitrogens with zero attached hydrogens (tertiary/aromatic N) is 1. The number of Topliss-reactive ketones (excluding diaryl/α,β-unsaturated/α-hetero) is 2. The molecule has 382 valence electrons. The summed E-state index contributed by atoms with van der Waals surface area (Å²) in [6, 6.07) is -1.14. The van der Waals surface area contributed by atoms with E-state index in [2.05, 4.69) is 26.0 Å². The molecule has 14 atom stereocenters. The summed E-state index contributed by atoms with van der Waals surface area (Å²) in [7, 11) is 4.67. The Kier molecular flexibility index (Phi) is 23.9. The van der Waals surface area contributed by atoms with Gasteiger partial charge in [0, 0.05) is 52.0 Å². The molecule has 0 aromatic heterocycles. The lowest BCUT2D eigenvalue weighted by molar-refractivity contribution is -0.302. The molecule has 4 aliphatic rings. The van der Waals surface area contributed by atoms with Crippen LogP contribution >= 0.6 is 0 Å². The van der Waals surface area contributed by atoms with Gasteiger partial charge in [-0.1, -0.05) is 103 Å². The van der Waals surface area contributed by atoms with Crippen molar-refractivity contribution in [1.29, 1.82) is 0 Å². The SMILES string of the molecule is CCCCCCCCCC/C=C/C[C@@H]1/C=C(\C)C[C@H](C)C[C@H](OC)[C@H]2O[C@@](O)(C(=O)C(=O)N3CCCC[C@H]3C(=O)O[C@H](/C(C)=C/[C@@H]3CC[C@@H](O)[C@H](OC)C3)[C@H](C)[C@@H](O)CC1=O)[C@H](C)C[C@@H]2OC. The molecule has 0 unspecified atom stereocenters. The second kappa shape index (κ2) is 28.2. The Balaban J connectivity index is 1.71. The minimum atomic E-state index is -2.51. The predicted molar refractivity (Wildman–Crippen MR) is 259 cm³/mol. The number of amides is 1. The van der Waals surface area contributed by atoms with Crippen LogP contribution in [-0.4, -0.2) is 126 Å². The first-order chi connectivity index (χ1) is 32.0. The fourth-order valence-corrected chi connectivity index (χ4v) is 11.0. The van der Waals surface area contributed by atoms with Gasteiger partial charge in [0.15, 0.2) is 0 Å². The van der Waals surface area contributed by atoms with Crippen LogP contribution in [0.1, 0.15) is 170 Å². The molecule has 0 aromatic rings. The number of hydrogen-bond donors (Lipinski definition) is 3. The zero-order chi connectivity index (χ0) is 49.3. The minimum absolute atomic E-state index is 0.0107. The van der Waals surface area contributed by atoms with Gasteiger partial charge in [0.05, 0.1) is 30.5 Å². The van der Waals surface area contributed by atoms with Crippen molar-refractivity contribution in [1.82, 2.24) is 4.90 Å². The van der Waals surface area contributed by atoms with Crippen molar-refractivity contribution >= 4 is 23.4 Å². The molecule has 3 fully saturated rings. The van der Waals surface area contributed by atoms with Crippen LogP contribution in [0.15, 0.2) is 35.5 Å². The van der Waals surface area contributed by atoms with Gasteiger partial charge in [-0.3, -0.25) is 14.4 Å². The third-order valence-corrected chi connectivity index (χ3v) is 15.2. The van der Waals surface area contributed by atoms with Crippen molar-refractivity contribution in [3.05, 3.63) is 35.5 Å². The Morgan fingerprint density at radius 3 is 2.15 bits per heavy atom. The van der Waals surface area contributed by atoms with Gasteiger partial charge in [0.1, 0.15) is 24.0 Å². The van der Waals surface area contributed by atoms with Crippen molar-refractivity contribution in [3.8, 4) is 0 Å². The van der Waals surface area contributed by atoms with Gasteiger partial charge in [0.25, 0.3) is 11.7 Å². The molecule has 1 amide bonds. The molecule has 3 N–H and O–H groups in total. The van der Waals surface area contributed by atoms with Crippen molar-refractivity contribution < 1.29 is 58.2 Å². The van der Waals surface area contributed by atoms with Crippen LogP contribution in [0.25, 0.3) is 0 Å². The Morgan fingerprint density at radius 2 is 1.48 bits per heavy atom. The normalized spacial score (nSPS) is 36.8. The quantitative estimate of drug-likeness (QED) is 0.0582. The molecule has 3 heterocycles. The molecule has 1 saturated carbocycles. The predicted octanol–water partition coefficient (Wildman–Crippen LogP) is 8.54. The van der Waals surface area contributed by atoms with Gasteiger partial charge >= 0.3 is 5.97 Å². The zero-order valence-electron chi connectivity index (χ0n) is 42.6. The standard InChI is InChI=1S/C54H89NO12/c1-10-11-12-13-14-15-16-17-18-19-20-23-41-29-35(2)28-36(3)30-47(64-8)50-48(65-9)32-38(5)54(62,67-50)51(59)52(60)55-27-22-21-24-42(55)53(61)66-49(39(6)44(57)34-45(41)58)37(4)31-40-25-26-43(56)46(33-40)63-7/h19-20,29,31,36,38-44,46-50,56-57,62H,10-18,21-28,30,32-34H2,1-9H3/b20-19+,35-29+,37-31+/t36-,38+,39+,40-,41+,42-,43+,44-,46+,47-,48-,49+,50+,54+/m0/s1. The maximum absolute atomic E-state index is 14.5. The highest BCUT2D eigenvalue weighted by Gasteiger charge is 2.56. The minimum Gasteiger partial charge on any atom is -0.456 e. The summed E-state index contributed by atoms with van der Waals surface area (Å²) in [4.78, 5) is 58.9. The Bertz CT molecular complexity index is 1660. The van der Waals surface area contributed by atoms with Crippen LogP contribution in [0.4, 0.5) is 0 Å². The van der Waals surface area contributed by atoms with E-state index in [-0.39, 0.29) is 49.5 Å². The second-order valence-corrected chi connectivity index (χ2v) is 20.7. The van der Waals surface area contributed by atoms with Crippen molar-refractivity contribution in [2.24, 2.45) is 29.6 Å². The topological polar surface area (TPSA) is 178 Å². The smallest absolute Gasteiger partial charge is 0.329 e. The maximum atomic E-state index is 14.5. The highest BCUT2D eigenvalue weighted by Crippen LogP contribution is 2.39. The maximum Gasteiger partial charge on any atom is 0.329 e. The van der Waals surface area contributed by atoms with Gasteiger partial charge in [-0.05, 0) is 108 Å². The lowest BCUT2D eigenvalue weighted by Crippen LogP contribution is -2.64. The highest BCUT2D eigenvalue weighted by molar-refractivity contribution is 6.39. The number of unbranched alkanes of at least 4 members (excludes halogenated alkanes) is 8. The number of ketones is 2. The fourth-order valence-electron chi connectivity index (χ4n) is 11.0. The monoisotopic (exact) mass is 944 g/mol. The van der Waals surface area contributed by atoms with Crippen LogP contribution in [-0.2, 0) is 42.9 Å². The van der Waals surface area contributed by atoms with Gasteiger partial charge in [-0.2, -0.15) is 0 Å². The number of carbonyl (C=O) groups is 4. The van der Waals surface area contributed by atoms with Crippen molar-refractivity contribution in [2.75, 3.05) is 27.9 Å². The summed E-state index contributed by atoms with van der Waals surface area (Å²) >= 11 is 0. The van der Waals surface area contributed by atoms with Gasteiger partial charge in [-0.25, -0.2) is 4.79 Å². The van der Waals surface area contributed by atoms with Crippen molar-refractivity contribution in [2.45, 2.75) is 225 Å². The zero-order valence-corrected chi connectivity index (χ0v) is 42.6. The van der Waals surface area contributed by atoms with E-state index in [1.165, 1.54) is 49.8 Å². The first-order valence-electron chi connectivity index (χ1n) is 25.9. The lowest BCUT2D eigenvalue weighted by atomic mass is 9.81. The third-order valence-electron chi connectivity index (χ3n) is 15.2. The summed E-state index contributed by atoms with van der Waals surface area (Å²) in [6.07, 6.45) is 18.7. The van der Waals surface area contributed by atoms with E-state index in [1.807, 2.05) is 26.0 Å². The van der Waals surface area contributed by atoms with Crippen LogP contribution in [0, 0.1) is 29.6 Å². The van der Waals surface area contributed by atoms with E-state index in [1.54, 1.807) is 35.2 Å². The summed E-state index contributed by atoms with van der Waals surface area (Å²) in [5.74, 6) is -7.63. The molecule has 2 saturated heterocycles. The number of allylic oxidation sites excluding steroid dienone is 5.